The first-order chi connectivity index (χ1) is 9.49. The van der Waals surface area contributed by atoms with Gasteiger partial charge in [0, 0.05) is 5.02 Å². The van der Waals surface area contributed by atoms with Crippen molar-refractivity contribution in [2.45, 2.75) is 6.92 Å². The number of hydrogen-bond donors (Lipinski definition) is 2. The zero-order chi connectivity index (χ0) is 14.7. The molecule has 0 unspecified atom stereocenters. The normalized spacial score (nSPS) is 10.9. The molecular weight excluding hydrogens is 301 g/mol. The summed E-state index contributed by atoms with van der Waals surface area (Å²) in [5.74, 6) is 0. The van der Waals surface area contributed by atoms with E-state index < -0.39 is 6.03 Å². The summed E-state index contributed by atoms with van der Waals surface area (Å²) >= 11 is 12.2. The Balaban J connectivity index is 2.38. The van der Waals surface area contributed by atoms with Gasteiger partial charge in [-0.05, 0) is 25.1 Å². The molecule has 0 aliphatic carbocycles. The van der Waals surface area contributed by atoms with Crippen LogP contribution in [0.5, 0.6) is 0 Å². The second-order valence-corrected chi connectivity index (χ2v) is 4.71. The molecule has 0 atom stereocenters. The number of amides is 2. The van der Waals surface area contributed by atoms with Gasteiger partial charge in [0.05, 0.1) is 23.2 Å². The summed E-state index contributed by atoms with van der Waals surface area (Å²) < 4.78 is 1.54. The summed E-state index contributed by atoms with van der Waals surface area (Å²) in [6.07, 6.45) is 1.39. The number of primary amides is 1. The van der Waals surface area contributed by atoms with Gasteiger partial charge in [0.15, 0.2) is 0 Å². The highest BCUT2D eigenvalue weighted by atomic mass is 35.5. The topological polar surface area (TPSA) is 85.3 Å². The van der Waals surface area contributed by atoms with Gasteiger partial charge < -0.3 is 5.73 Å². The van der Waals surface area contributed by atoms with Crippen LogP contribution in [0.25, 0.3) is 5.69 Å². The van der Waals surface area contributed by atoms with Crippen molar-refractivity contribution in [2.24, 2.45) is 10.8 Å². The van der Waals surface area contributed by atoms with E-state index in [2.05, 4.69) is 15.6 Å². The lowest BCUT2D eigenvalue weighted by Gasteiger charge is -2.03. The average Bonchev–Trinajstić information content (AvgIpc) is 2.66. The van der Waals surface area contributed by atoms with E-state index in [1.807, 2.05) is 6.07 Å². The van der Waals surface area contributed by atoms with Crippen molar-refractivity contribution >= 4 is 35.4 Å². The number of aromatic nitrogens is 2. The van der Waals surface area contributed by atoms with Gasteiger partial charge in [0.25, 0.3) is 0 Å². The molecule has 1 aromatic carbocycles. The van der Waals surface area contributed by atoms with Gasteiger partial charge in [0.2, 0.25) is 0 Å². The first kappa shape index (κ1) is 14.4. The average molecular weight is 312 g/mol. The molecule has 2 rings (SSSR count). The molecule has 0 saturated heterocycles. The predicted molar refractivity (Wildman–Crippen MR) is 78.6 cm³/mol. The molecule has 8 heteroatoms. The molecule has 0 saturated carbocycles. The van der Waals surface area contributed by atoms with Crippen LogP contribution in [0.15, 0.2) is 29.4 Å². The van der Waals surface area contributed by atoms with E-state index in [1.165, 1.54) is 10.9 Å². The van der Waals surface area contributed by atoms with E-state index in [9.17, 15) is 4.79 Å². The van der Waals surface area contributed by atoms with Gasteiger partial charge in [-0.15, -0.1) is 0 Å². The SMILES string of the molecule is Cc1nn(-c2cccc(Cl)c2)c(Cl)c1/C=N/NC(N)=O. The molecule has 104 valence electrons. The molecular formula is C12H11Cl2N5O. The van der Waals surface area contributed by atoms with Crippen LogP contribution in [0.3, 0.4) is 0 Å². The van der Waals surface area contributed by atoms with Crippen molar-refractivity contribution in [3.05, 3.63) is 45.7 Å². The lowest BCUT2D eigenvalue weighted by Crippen LogP contribution is -2.24. The first-order valence-electron chi connectivity index (χ1n) is 5.58. The molecule has 0 aliphatic rings. The molecule has 0 spiro atoms. The zero-order valence-corrected chi connectivity index (χ0v) is 12.0. The Morgan fingerprint density at radius 2 is 2.25 bits per heavy atom. The molecule has 0 radical (unpaired) electrons. The third-order valence-electron chi connectivity index (χ3n) is 2.47. The van der Waals surface area contributed by atoms with Gasteiger partial charge in [-0.3, -0.25) is 0 Å². The van der Waals surface area contributed by atoms with Crippen LogP contribution in [-0.2, 0) is 0 Å². The fourth-order valence-corrected chi connectivity index (χ4v) is 2.10. The largest absolute Gasteiger partial charge is 0.350 e. The number of aryl methyl sites for hydroxylation is 1. The van der Waals surface area contributed by atoms with E-state index in [1.54, 1.807) is 25.1 Å². The maximum atomic E-state index is 10.6. The second-order valence-electron chi connectivity index (χ2n) is 3.92. The Hall–Kier alpha value is -2.05. The molecule has 2 amide bonds. The summed E-state index contributed by atoms with van der Waals surface area (Å²) in [7, 11) is 0. The molecule has 0 bridgehead atoms. The maximum Gasteiger partial charge on any atom is 0.332 e. The molecule has 6 nitrogen and oxygen atoms in total. The molecule has 20 heavy (non-hydrogen) atoms. The Morgan fingerprint density at radius 3 is 2.90 bits per heavy atom. The number of nitrogens with zero attached hydrogens (tertiary/aromatic N) is 3. The van der Waals surface area contributed by atoms with Crippen molar-refractivity contribution in [2.75, 3.05) is 0 Å². The maximum absolute atomic E-state index is 10.6. The van der Waals surface area contributed by atoms with Crippen molar-refractivity contribution in [1.82, 2.24) is 15.2 Å². The van der Waals surface area contributed by atoms with E-state index in [0.29, 0.717) is 21.4 Å². The first-order valence-corrected chi connectivity index (χ1v) is 6.34. The monoisotopic (exact) mass is 311 g/mol. The molecule has 1 aromatic heterocycles. The minimum absolute atomic E-state index is 0.361. The summed E-state index contributed by atoms with van der Waals surface area (Å²) in [4.78, 5) is 10.6. The third-order valence-corrected chi connectivity index (χ3v) is 3.07. The third kappa shape index (κ3) is 3.09. The fourth-order valence-electron chi connectivity index (χ4n) is 1.60. The highest BCUT2D eigenvalue weighted by molar-refractivity contribution is 6.32. The molecule has 2 aromatic rings. The highest BCUT2D eigenvalue weighted by Gasteiger charge is 2.13. The van der Waals surface area contributed by atoms with Gasteiger partial charge in [-0.2, -0.15) is 10.2 Å². The summed E-state index contributed by atoms with van der Waals surface area (Å²) in [5, 5.41) is 8.93. The van der Waals surface area contributed by atoms with Crippen LogP contribution in [0.2, 0.25) is 10.2 Å². The van der Waals surface area contributed by atoms with Crippen molar-refractivity contribution in [3.8, 4) is 5.69 Å². The molecule has 0 fully saturated rings. The Kier molecular flexibility index (Phi) is 4.26. The molecule has 3 N–H and O–H groups in total. The number of carbonyl (C=O) groups is 1. The lowest BCUT2D eigenvalue weighted by atomic mass is 10.3. The number of hydrogen-bond acceptors (Lipinski definition) is 3. The van der Waals surface area contributed by atoms with Crippen LogP contribution in [0.4, 0.5) is 4.79 Å². The summed E-state index contributed by atoms with van der Waals surface area (Å²) in [6.45, 7) is 1.78. The number of carbonyl (C=O) groups excluding carboxylic acids is 1. The zero-order valence-electron chi connectivity index (χ0n) is 10.5. The molecule has 0 aliphatic heterocycles. The van der Waals surface area contributed by atoms with Crippen molar-refractivity contribution in [1.29, 1.82) is 0 Å². The number of benzene rings is 1. The number of hydrazone groups is 1. The van der Waals surface area contributed by atoms with E-state index >= 15 is 0 Å². The fraction of sp³-hybridized carbons (Fsp3) is 0.0833. The van der Waals surface area contributed by atoms with Gasteiger partial charge in [-0.25, -0.2) is 14.9 Å². The lowest BCUT2D eigenvalue weighted by molar-refractivity contribution is 0.249. The van der Waals surface area contributed by atoms with Crippen LogP contribution in [0.1, 0.15) is 11.3 Å². The van der Waals surface area contributed by atoms with Crippen molar-refractivity contribution in [3.63, 3.8) is 0 Å². The standard InChI is InChI=1S/C12H11Cl2N5O/c1-7-10(6-16-17-12(15)20)11(14)19(18-7)9-4-2-3-8(13)5-9/h2-6H,1H3,(H3,15,17,20)/b16-6+. The number of urea groups is 1. The predicted octanol–water partition coefficient (Wildman–Crippen LogP) is 2.49. The second kappa shape index (κ2) is 5.94. The number of halogens is 2. The minimum atomic E-state index is -0.753. The van der Waals surface area contributed by atoms with Crippen LogP contribution >= 0.6 is 23.2 Å². The van der Waals surface area contributed by atoms with Crippen molar-refractivity contribution < 1.29 is 4.79 Å². The van der Waals surface area contributed by atoms with E-state index in [4.69, 9.17) is 28.9 Å². The van der Waals surface area contributed by atoms with Gasteiger partial charge >= 0.3 is 6.03 Å². The van der Waals surface area contributed by atoms with Gasteiger partial charge in [0.1, 0.15) is 5.15 Å². The summed E-state index contributed by atoms with van der Waals surface area (Å²) in [5.41, 5.74) is 8.98. The number of rotatable bonds is 3. The number of nitrogens with two attached hydrogens (primary N) is 1. The van der Waals surface area contributed by atoms with Crippen LogP contribution < -0.4 is 11.2 Å². The number of nitrogens with one attached hydrogen (secondary N) is 1. The van der Waals surface area contributed by atoms with E-state index in [0.717, 1.165) is 5.69 Å². The Morgan fingerprint density at radius 1 is 1.50 bits per heavy atom. The Bertz CT molecular complexity index is 680. The quantitative estimate of drug-likeness (QED) is 0.674. The molecule has 1 heterocycles. The van der Waals surface area contributed by atoms with E-state index in [-0.39, 0.29) is 0 Å². The van der Waals surface area contributed by atoms with Crippen LogP contribution in [-0.4, -0.2) is 22.0 Å². The van der Waals surface area contributed by atoms with Crippen LogP contribution in [0, 0.1) is 6.92 Å². The Labute approximate surface area is 125 Å². The minimum Gasteiger partial charge on any atom is -0.350 e. The highest BCUT2D eigenvalue weighted by Crippen LogP contribution is 2.23. The summed E-state index contributed by atoms with van der Waals surface area (Å²) in [6, 6.07) is 6.37. The van der Waals surface area contributed by atoms with Gasteiger partial charge in [-0.1, -0.05) is 29.3 Å². The smallest absolute Gasteiger partial charge is 0.332 e.